The molecule has 1 aliphatic heterocycles. The molecule has 1 aromatic heterocycles. The Labute approximate surface area is 169 Å². The van der Waals surface area contributed by atoms with Gasteiger partial charge in [-0.05, 0) is 43.9 Å². The summed E-state index contributed by atoms with van der Waals surface area (Å²) in [4.78, 5) is 39.2. The third-order valence-corrected chi connectivity index (χ3v) is 5.78. The van der Waals surface area contributed by atoms with Gasteiger partial charge in [0.1, 0.15) is 5.69 Å². The molecule has 29 heavy (non-hydrogen) atoms. The fourth-order valence-corrected chi connectivity index (χ4v) is 4.30. The van der Waals surface area contributed by atoms with Crippen molar-refractivity contribution in [2.75, 3.05) is 4.90 Å². The topological polar surface area (TPSA) is 84.3 Å². The Morgan fingerprint density at radius 2 is 1.90 bits per heavy atom. The molecule has 7 nitrogen and oxygen atoms in total. The number of aryl methyl sites for hydroxylation is 1. The van der Waals surface area contributed by atoms with Gasteiger partial charge in [0.25, 0.3) is 11.5 Å². The zero-order valence-electron chi connectivity index (χ0n) is 16.6. The molecule has 1 saturated carbocycles. The summed E-state index contributed by atoms with van der Waals surface area (Å²) in [5, 5.41) is 7.27. The van der Waals surface area contributed by atoms with E-state index in [1.54, 1.807) is 4.90 Å². The van der Waals surface area contributed by atoms with Crippen molar-refractivity contribution >= 4 is 17.5 Å². The van der Waals surface area contributed by atoms with E-state index in [2.05, 4.69) is 10.4 Å². The van der Waals surface area contributed by atoms with Gasteiger partial charge in [-0.15, -0.1) is 0 Å². The lowest BCUT2D eigenvalue weighted by atomic mass is 10.1. The molecular formula is C22H26N4O3. The van der Waals surface area contributed by atoms with Gasteiger partial charge >= 0.3 is 0 Å². The average molecular weight is 394 g/mol. The molecule has 0 saturated heterocycles. The maximum atomic E-state index is 13.1. The van der Waals surface area contributed by atoms with Crippen molar-refractivity contribution in [3.8, 4) is 0 Å². The van der Waals surface area contributed by atoms with Crippen LogP contribution in [-0.4, -0.2) is 33.7 Å². The highest BCUT2D eigenvalue weighted by atomic mass is 16.2. The molecule has 4 rings (SSSR count). The monoisotopic (exact) mass is 394 g/mol. The van der Waals surface area contributed by atoms with E-state index in [0.717, 1.165) is 43.4 Å². The van der Waals surface area contributed by atoms with E-state index >= 15 is 0 Å². The van der Waals surface area contributed by atoms with Crippen molar-refractivity contribution in [2.24, 2.45) is 0 Å². The van der Waals surface area contributed by atoms with Crippen LogP contribution >= 0.6 is 0 Å². The lowest BCUT2D eigenvalue weighted by molar-refractivity contribution is -0.122. The highest BCUT2D eigenvalue weighted by molar-refractivity contribution is 6.06. The number of amides is 2. The van der Waals surface area contributed by atoms with Crippen molar-refractivity contribution in [2.45, 2.75) is 64.1 Å². The van der Waals surface area contributed by atoms with Crippen LogP contribution in [0.3, 0.4) is 0 Å². The predicted octanol–water partition coefficient (Wildman–Crippen LogP) is 2.28. The second-order valence-corrected chi connectivity index (χ2v) is 7.94. The summed E-state index contributed by atoms with van der Waals surface area (Å²) < 4.78 is 1.22. The molecule has 2 heterocycles. The van der Waals surface area contributed by atoms with E-state index in [1.807, 2.05) is 31.2 Å². The molecule has 0 unspecified atom stereocenters. The number of carbonyl (C=O) groups is 2. The standard InChI is InChI=1S/C22H26N4O3/c1-15-14-16-6-2-5-9-19(16)26(15)22(29)18-10-11-21(28)25(24-18)13-12-20(27)23-17-7-3-4-8-17/h2,5-6,9-11,15,17H,3-4,7-8,12-14H2,1H3,(H,23,27)/t15-/m0/s1. The van der Waals surface area contributed by atoms with E-state index in [-0.39, 0.29) is 48.1 Å². The third-order valence-electron chi connectivity index (χ3n) is 5.78. The maximum absolute atomic E-state index is 13.1. The van der Waals surface area contributed by atoms with Crippen LogP contribution in [0.4, 0.5) is 5.69 Å². The van der Waals surface area contributed by atoms with Gasteiger partial charge in [0.15, 0.2) is 0 Å². The van der Waals surface area contributed by atoms with Crippen LogP contribution in [-0.2, 0) is 17.8 Å². The first-order chi connectivity index (χ1) is 14.0. The van der Waals surface area contributed by atoms with Crippen LogP contribution in [0.25, 0.3) is 0 Å². The summed E-state index contributed by atoms with van der Waals surface area (Å²) in [6.07, 6.45) is 5.29. The van der Waals surface area contributed by atoms with E-state index in [9.17, 15) is 14.4 Å². The van der Waals surface area contributed by atoms with Gasteiger partial charge in [-0.2, -0.15) is 5.10 Å². The summed E-state index contributed by atoms with van der Waals surface area (Å²) in [5.41, 5.74) is 1.92. The van der Waals surface area contributed by atoms with Gasteiger partial charge in [-0.25, -0.2) is 4.68 Å². The second kappa shape index (κ2) is 8.19. The van der Waals surface area contributed by atoms with Crippen LogP contribution in [0.1, 0.15) is 55.1 Å². The molecule has 7 heteroatoms. The van der Waals surface area contributed by atoms with E-state index in [1.165, 1.54) is 16.8 Å². The van der Waals surface area contributed by atoms with Gasteiger partial charge < -0.3 is 10.2 Å². The smallest absolute Gasteiger partial charge is 0.278 e. The molecule has 2 amide bonds. The fraction of sp³-hybridized carbons (Fsp3) is 0.455. The number of rotatable bonds is 5. The summed E-state index contributed by atoms with van der Waals surface area (Å²) >= 11 is 0. The number of benzene rings is 1. The van der Waals surface area contributed by atoms with Gasteiger partial charge in [0, 0.05) is 30.3 Å². The number of nitrogens with zero attached hydrogens (tertiary/aromatic N) is 3. The SMILES string of the molecule is C[C@H]1Cc2ccccc2N1C(=O)c1ccc(=O)n(CCC(=O)NC2CCCC2)n1. The molecule has 0 radical (unpaired) electrons. The number of aromatic nitrogens is 2. The van der Waals surface area contributed by atoms with E-state index < -0.39 is 0 Å². The molecule has 0 bridgehead atoms. The minimum Gasteiger partial charge on any atom is -0.353 e. The van der Waals surface area contributed by atoms with E-state index in [4.69, 9.17) is 0 Å². The Morgan fingerprint density at radius 3 is 2.69 bits per heavy atom. The zero-order valence-corrected chi connectivity index (χ0v) is 16.6. The molecule has 1 atom stereocenters. The number of hydrogen-bond acceptors (Lipinski definition) is 4. The number of nitrogens with one attached hydrogen (secondary N) is 1. The van der Waals surface area contributed by atoms with Crippen molar-refractivity contribution < 1.29 is 9.59 Å². The van der Waals surface area contributed by atoms with Crippen LogP contribution in [0.2, 0.25) is 0 Å². The number of para-hydroxylation sites is 1. The van der Waals surface area contributed by atoms with Crippen LogP contribution in [0.5, 0.6) is 0 Å². The molecule has 2 aromatic rings. The summed E-state index contributed by atoms with van der Waals surface area (Å²) in [7, 11) is 0. The predicted molar refractivity (Wildman–Crippen MR) is 110 cm³/mol. The Hall–Kier alpha value is -2.96. The molecule has 1 aromatic carbocycles. The molecule has 0 spiro atoms. The van der Waals surface area contributed by atoms with Crippen LogP contribution < -0.4 is 15.8 Å². The summed E-state index contributed by atoms with van der Waals surface area (Å²) in [6, 6.07) is 10.9. The fourth-order valence-electron chi connectivity index (χ4n) is 4.30. The first-order valence-corrected chi connectivity index (χ1v) is 10.3. The molecule has 1 N–H and O–H groups in total. The Kier molecular flexibility index (Phi) is 5.47. The summed E-state index contributed by atoms with van der Waals surface area (Å²) in [5.74, 6) is -0.309. The van der Waals surface area contributed by atoms with Gasteiger partial charge in [-0.1, -0.05) is 31.0 Å². The highest BCUT2D eigenvalue weighted by Gasteiger charge is 2.32. The maximum Gasteiger partial charge on any atom is 0.278 e. The lowest BCUT2D eigenvalue weighted by Gasteiger charge is -2.22. The highest BCUT2D eigenvalue weighted by Crippen LogP contribution is 2.32. The van der Waals surface area contributed by atoms with Crippen LogP contribution in [0, 0.1) is 0 Å². The average Bonchev–Trinajstić information content (AvgIpc) is 3.33. The zero-order chi connectivity index (χ0) is 20.4. The molecular weight excluding hydrogens is 368 g/mol. The Balaban J connectivity index is 1.47. The quantitative estimate of drug-likeness (QED) is 0.843. The van der Waals surface area contributed by atoms with Crippen molar-refractivity contribution in [1.82, 2.24) is 15.1 Å². The minimum absolute atomic E-state index is 0.0271. The normalized spacial score (nSPS) is 18.7. The number of hydrogen-bond donors (Lipinski definition) is 1. The Bertz CT molecular complexity index is 978. The third kappa shape index (κ3) is 4.09. The second-order valence-electron chi connectivity index (χ2n) is 7.94. The summed E-state index contributed by atoms with van der Waals surface area (Å²) in [6.45, 7) is 2.16. The molecule has 1 aliphatic carbocycles. The number of fused-ring (bicyclic) bond motifs is 1. The van der Waals surface area contributed by atoms with Crippen molar-refractivity contribution in [3.05, 3.63) is 58.0 Å². The van der Waals surface area contributed by atoms with Gasteiger partial charge in [0.05, 0.1) is 6.54 Å². The van der Waals surface area contributed by atoms with Crippen LogP contribution in [0.15, 0.2) is 41.2 Å². The van der Waals surface area contributed by atoms with Crippen molar-refractivity contribution in [3.63, 3.8) is 0 Å². The molecule has 2 aliphatic rings. The minimum atomic E-state index is -0.315. The van der Waals surface area contributed by atoms with Gasteiger partial charge in [-0.3, -0.25) is 14.4 Å². The Morgan fingerprint density at radius 1 is 1.14 bits per heavy atom. The van der Waals surface area contributed by atoms with Gasteiger partial charge in [0.2, 0.25) is 5.91 Å². The lowest BCUT2D eigenvalue weighted by Crippen LogP contribution is -2.38. The number of carbonyl (C=O) groups excluding carboxylic acids is 2. The first kappa shape index (κ1) is 19.4. The number of anilines is 1. The molecule has 152 valence electrons. The van der Waals surface area contributed by atoms with E-state index in [0.29, 0.717) is 0 Å². The molecule has 1 fully saturated rings. The largest absolute Gasteiger partial charge is 0.353 e. The first-order valence-electron chi connectivity index (χ1n) is 10.3. The van der Waals surface area contributed by atoms with Crippen molar-refractivity contribution in [1.29, 1.82) is 0 Å².